The summed E-state index contributed by atoms with van der Waals surface area (Å²) < 4.78 is 14.8. The van der Waals surface area contributed by atoms with Gasteiger partial charge < -0.3 is 20.9 Å². The molecule has 4 aromatic rings. The van der Waals surface area contributed by atoms with E-state index < -0.39 is 5.82 Å². The maximum absolute atomic E-state index is 14.8. The van der Waals surface area contributed by atoms with Crippen LogP contribution < -0.4 is 16.0 Å². The number of nitrogens with zero attached hydrogens (tertiary/aromatic N) is 6. The van der Waals surface area contributed by atoms with Crippen molar-refractivity contribution in [1.82, 2.24) is 35.1 Å². The number of rotatable bonds is 10. The summed E-state index contributed by atoms with van der Waals surface area (Å²) >= 11 is 0. The summed E-state index contributed by atoms with van der Waals surface area (Å²) in [5, 5.41) is 9.58. The van der Waals surface area contributed by atoms with Crippen LogP contribution in [0.3, 0.4) is 0 Å². The lowest BCUT2D eigenvalue weighted by Crippen LogP contribution is -2.38. The third-order valence-electron chi connectivity index (χ3n) is 7.76. The minimum atomic E-state index is -0.479. The fourth-order valence-corrected chi connectivity index (χ4v) is 5.23. The van der Waals surface area contributed by atoms with Gasteiger partial charge in [0.25, 0.3) is 5.91 Å². The summed E-state index contributed by atoms with van der Waals surface area (Å²) in [6.07, 6.45) is 9.56. The van der Waals surface area contributed by atoms with E-state index >= 15 is 0 Å². The Kier molecular flexibility index (Phi) is 8.85. The summed E-state index contributed by atoms with van der Waals surface area (Å²) in [6, 6.07) is 6.81. The van der Waals surface area contributed by atoms with Gasteiger partial charge in [0.1, 0.15) is 18.0 Å². The lowest BCUT2D eigenvalue weighted by Gasteiger charge is -2.34. The Bertz CT molecular complexity index is 1570. The monoisotopic (exact) mass is 569 g/mol. The summed E-state index contributed by atoms with van der Waals surface area (Å²) in [7, 11) is 1.52. The molecule has 1 aliphatic heterocycles. The normalized spacial score (nSPS) is 14.4. The van der Waals surface area contributed by atoms with E-state index in [1.54, 1.807) is 18.5 Å². The highest BCUT2D eigenvalue weighted by molar-refractivity contribution is 6.06. The SMILES string of the molecule is C=C(CC)N1CCC(Nc2ncc(-c3cc(NC[C@@H](C)c4ccc(F)c5c(C(=O)NC)ccnc45)ncn3)cn2)CC1. The molecule has 1 saturated heterocycles. The summed E-state index contributed by atoms with van der Waals surface area (Å²) in [6.45, 7) is 10.8. The van der Waals surface area contributed by atoms with Crippen LogP contribution in [-0.4, -0.2) is 68.5 Å². The van der Waals surface area contributed by atoms with Crippen molar-refractivity contribution in [3.05, 3.63) is 78.4 Å². The summed E-state index contributed by atoms with van der Waals surface area (Å²) in [5.41, 5.74) is 4.23. The first kappa shape index (κ1) is 28.8. The average Bonchev–Trinajstić information content (AvgIpc) is 3.03. The van der Waals surface area contributed by atoms with Gasteiger partial charge in [0.2, 0.25) is 5.95 Å². The minimum absolute atomic E-state index is 0.0560. The molecule has 1 fully saturated rings. The number of aromatic nitrogens is 5. The Balaban J connectivity index is 1.23. The van der Waals surface area contributed by atoms with Crippen molar-refractivity contribution in [2.75, 3.05) is 37.3 Å². The molecule has 0 aliphatic carbocycles. The fraction of sp³-hybridized carbons (Fsp3) is 0.355. The average molecular weight is 570 g/mol. The minimum Gasteiger partial charge on any atom is -0.375 e. The molecule has 4 heterocycles. The Morgan fingerprint density at radius 3 is 2.60 bits per heavy atom. The number of fused-ring (bicyclic) bond motifs is 1. The summed E-state index contributed by atoms with van der Waals surface area (Å²) in [4.78, 5) is 36.9. The van der Waals surface area contributed by atoms with Crippen molar-refractivity contribution in [3.8, 4) is 11.3 Å². The Hall–Kier alpha value is -4.67. The van der Waals surface area contributed by atoms with E-state index in [4.69, 9.17) is 0 Å². The molecule has 10 nitrogen and oxygen atoms in total. The summed E-state index contributed by atoms with van der Waals surface area (Å²) in [5.74, 6) is 0.352. The van der Waals surface area contributed by atoms with Gasteiger partial charge in [-0.3, -0.25) is 9.78 Å². The van der Waals surface area contributed by atoms with Gasteiger partial charge in [-0.1, -0.05) is 26.5 Å². The van der Waals surface area contributed by atoms with Crippen LogP contribution in [0.2, 0.25) is 0 Å². The van der Waals surface area contributed by atoms with Crippen molar-refractivity contribution in [1.29, 1.82) is 0 Å². The number of pyridine rings is 1. The number of amides is 1. The second-order valence-electron chi connectivity index (χ2n) is 10.5. The molecule has 0 saturated carbocycles. The standard InChI is InChI=1S/C31H36FN9O/c1-5-20(3)41-12-9-22(10-13-41)40-31-36-16-21(17-37-31)26-14-27(39-18-38-26)35-15-19(2)23-6-7-25(32)28-24(30(42)33-4)8-11-34-29(23)28/h6-8,11,14,16-19,22H,3,5,9-10,12-13,15H2,1-2,4H3,(H,33,42)(H,35,38,39)(H,36,37,40)/t19-/m1/s1. The van der Waals surface area contributed by atoms with E-state index in [1.165, 1.54) is 37.4 Å². The first-order valence-electron chi connectivity index (χ1n) is 14.2. The molecule has 3 aromatic heterocycles. The number of allylic oxidation sites excluding steroid dienone is 1. The Morgan fingerprint density at radius 2 is 1.88 bits per heavy atom. The molecule has 11 heteroatoms. The number of piperidine rings is 1. The number of nitrogens with one attached hydrogen (secondary N) is 3. The first-order chi connectivity index (χ1) is 20.4. The highest BCUT2D eigenvalue weighted by Crippen LogP contribution is 2.29. The predicted molar refractivity (Wildman–Crippen MR) is 163 cm³/mol. The van der Waals surface area contributed by atoms with E-state index in [0.29, 0.717) is 35.6 Å². The van der Waals surface area contributed by atoms with Crippen LogP contribution in [0.5, 0.6) is 0 Å². The van der Waals surface area contributed by atoms with Gasteiger partial charge in [0.15, 0.2) is 0 Å². The molecular formula is C31H36FN9O. The van der Waals surface area contributed by atoms with Crippen molar-refractivity contribution in [3.63, 3.8) is 0 Å². The first-order valence-corrected chi connectivity index (χ1v) is 14.2. The third-order valence-corrected chi connectivity index (χ3v) is 7.76. The van der Waals surface area contributed by atoms with E-state index in [2.05, 4.69) is 59.3 Å². The molecule has 3 N–H and O–H groups in total. The molecule has 1 amide bonds. The van der Waals surface area contributed by atoms with Crippen LogP contribution in [0.4, 0.5) is 16.2 Å². The molecule has 0 unspecified atom stereocenters. The van der Waals surface area contributed by atoms with Crippen LogP contribution in [0, 0.1) is 5.82 Å². The number of hydrogen-bond donors (Lipinski definition) is 3. The number of carbonyl (C=O) groups is 1. The highest BCUT2D eigenvalue weighted by Gasteiger charge is 2.21. The number of halogens is 1. The zero-order chi connectivity index (χ0) is 29.6. The van der Waals surface area contributed by atoms with Crippen molar-refractivity contribution < 1.29 is 9.18 Å². The maximum atomic E-state index is 14.8. The predicted octanol–water partition coefficient (Wildman–Crippen LogP) is 5.00. The number of anilines is 2. The second-order valence-corrected chi connectivity index (χ2v) is 10.5. The molecule has 0 bridgehead atoms. The molecule has 1 aliphatic rings. The molecule has 5 rings (SSSR count). The Morgan fingerprint density at radius 1 is 1.12 bits per heavy atom. The van der Waals surface area contributed by atoms with Gasteiger partial charge in [-0.15, -0.1) is 0 Å². The zero-order valence-corrected chi connectivity index (χ0v) is 24.2. The smallest absolute Gasteiger partial charge is 0.251 e. The van der Waals surface area contributed by atoms with Crippen LogP contribution in [0.25, 0.3) is 22.2 Å². The quantitative estimate of drug-likeness (QED) is 0.242. The van der Waals surface area contributed by atoms with E-state index in [0.717, 1.165) is 43.5 Å². The van der Waals surface area contributed by atoms with Gasteiger partial charge >= 0.3 is 0 Å². The lowest BCUT2D eigenvalue weighted by atomic mass is 9.95. The van der Waals surface area contributed by atoms with Gasteiger partial charge in [0.05, 0.1) is 16.8 Å². The number of hydrogen-bond acceptors (Lipinski definition) is 9. The van der Waals surface area contributed by atoms with E-state index in [1.807, 2.05) is 13.0 Å². The van der Waals surface area contributed by atoms with Gasteiger partial charge in [-0.25, -0.2) is 24.3 Å². The molecule has 0 radical (unpaired) electrons. The largest absolute Gasteiger partial charge is 0.375 e. The van der Waals surface area contributed by atoms with Crippen LogP contribution >= 0.6 is 0 Å². The van der Waals surface area contributed by atoms with Crippen LogP contribution in [0.1, 0.15) is 54.9 Å². The van der Waals surface area contributed by atoms with Crippen molar-refractivity contribution in [2.24, 2.45) is 0 Å². The zero-order valence-electron chi connectivity index (χ0n) is 24.2. The van der Waals surface area contributed by atoms with Gasteiger partial charge in [-0.05, 0) is 37.0 Å². The van der Waals surface area contributed by atoms with Crippen LogP contribution in [-0.2, 0) is 0 Å². The number of benzene rings is 1. The lowest BCUT2D eigenvalue weighted by molar-refractivity contribution is 0.0964. The molecular weight excluding hydrogens is 533 g/mol. The molecule has 1 atom stereocenters. The van der Waals surface area contributed by atoms with E-state index in [9.17, 15) is 9.18 Å². The van der Waals surface area contributed by atoms with E-state index in [-0.39, 0.29) is 22.8 Å². The molecule has 42 heavy (non-hydrogen) atoms. The second kappa shape index (κ2) is 12.9. The number of likely N-dealkylation sites (tertiary alicyclic amines) is 1. The van der Waals surface area contributed by atoms with Gasteiger partial charge in [0, 0.05) is 79.9 Å². The molecule has 218 valence electrons. The highest BCUT2D eigenvalue weighted by atomic mass is 19.1. The molecule has 0 spiro atoms. The van der Waals surface area contributed by atoms with Crippen molar-refractivity contribution >= 4 is 28.6 Å². The van der Waals surface area contributed by atoms with Crippen molar-refractivity contribution in [2.45, 2.75) is 45.1 Å². The topological polar surface area (TPSA) is 121 Å². The Labute approximate surface area is 244 Å². The number of carbonyl (C=O) groups excluding carboxylic acids is 1. The third kappa shape index (κ3) is 6.29. The van der Waals surface area contributed by atoms with Gasteiger partial charge in [-0.2, -0.15) is 0 Å². The fourth-order valence-electron chi connectivity index (χ4n) is 5.23. The maximum Gasteiger partial charge on any atom is 0.251 e. The molecule has 1 aromatic carbocycles. The van der Waals surface area contributed by atoms with Crippen LogP contribution in [0.15, 0.2) is 61.5 Å².